The second kappa shape index (κ2) is 9.29. The molecule has 2 rings (SSSR count). The molecule has 0 N–H and O–H groups in total. The van der Waals surface area contributed by atoms with Gasteiger partial charge in [-0.3, -0.25) is 0 Å². The summed E-state index contributed by atoms with van der Waals surface area (Å²) in [4.78, 5) is 11.2. The first-order valence-electron chi connectivity index (χ1n) is 10.4. The van der Waals surface area contributed by atoms with Gasteiger partial charge in [-0.2, -0.15) is 0 Å². The maximum Gasteiger partial charge on any atom is 0.192 e. The number of ether oxygens (including phenoxy) is 3. The fourth-order valence-corrected chi connectivity index (χ4v) is 4.71. The molecular formula is C23H38O5Si. The second-order valence-electron chi connectivity index (χ2n) is 10.0. The van der Waals surface area contributed by atoms with Crippen molar-refractivity contribution < 1.29 is 23.4 Å². The van der Waals surface area contributed by atoms with Gasteiger partial charge in [-0.25, -0.2) is 0 Å². The Bertz CT molecular complexity index is 663. The molecule has 0 amide bonds. The molecule has 6 heteroatoms. The maximum atomic E-state index is 11.2. The van der Waals surface area contributed by atoms with E-state index in [9.17, 15) is 4.79 Å². The Kier molecular flexibility index (Phi) is 7.71. The van der Waals surface area contributed by atoms with Crippen LogP contribution in [0.25, 0.3) is 0 Å². The molecule has 29 heavy (non-hydrogen) atoms. The van der Waals surface area contributed by atoms with Crippen molar-refractivity contribution in [2.75, 3.05) is 13.7 Å². The minimum Gasteiger partial charge on any atom is -0.497 e. The summed E-state index contributed by atoms with van der Waals surface area (Å²) in [6.07, 6.45) is 1.23. The summed E-state index contributed by atoms with van der Waals surface area (Å²) in [7, 11) is -0.315. The number of carbonyl (C=O) groups excluding carboxylic acids is 1. The summed E-state index contributed by atoms with van der Waals surface area (Å²) < 4.78 is 23.6. The van der Waals surface area contributed by atoms with Crippen LogP contribution in [0.3, 0.4) is 0 Å². The van der Waals surface area contributed by atoms with Crippen molar-refractivity contribution in [3.63, 3.8) is 0 Å². The van der Waals surface area contributed by atoms with Crippen molar-refractivity contribution in [1.82, 2.24) is 0 Å². The Hall–Kier alpha value is -1.21. The third-order valence-electron chi connectivity index (χ3n) is 6.42. The van der Waals surface area contributed by atoms with Gasteiger partial charge in [-0.15, -0.1) is 0 Å². The lowest BCUT2D eigenvalue weighted by atomic mass is 9.80. The van der Waals surface area contributed by atoms with Crippen LogP contribution in [0.5, 0.6) is 5.75 Å². The molecule has 3 atom stereocenters. The largest absolute Gasteiger partial charge is 0.497 e. The Labute approximate surface area is 177 Å². The van der Waals surface area contributed by atoms with Gasteiger partial charge in [0, 0.05) is 12.0 Å². The molecule has 0 unspecified atom stereocenters. The summed E-state index contributed by atoms with van der Waals surface area (Å²) >= 11 is 0. The molecule has 1 aliphatic heterocycles. The van der Waals surface area contributed by atoms with E-state index in [4.69, 9.17) is 18.6 Å². The predicted molar refractivity (Wildman–Crippen MR) is 118 cm³/mol. The lowest BCUT2D eigenvalue weighted by Gasteiger charge is -2.44. The van der Waals surface area contributed by atoms with Gasteiger partial charge in [-0.05, 0) is 42.2 Å². The van der Waals surface area contributed by atoms with Gasteiger partial charge in [0.25, 0.3) is 0 Å². The predicted octanol–water partition coefficient (Wildman–Crippen LogP) is 4.98. The summed E-state index contributed by atoms with van der Waals surface area (Å²) in [5.74, 6) is 0.840. The normalized spacial score (nSPS) is 21.0. The highest BCUT2D eigenvalue weighted by molar-refractivity contribution is 6.74. The minimum atomic E-state index is -1.98. The van der Waals surface area contributed by atoms with E-state index >= 15 is 0 Å². The smallest absolute Gasteiger partial charge is 0.192 e. The highest BCUT2D eigenvalue weighted by Gasteiger charge is 2.55. The molecule has 164 valence electrons. The van der Waals surface area contributed by atoms with Crippen LogP contribution >= 0.6 is 0 Å². The molecule has 0 aromatic heterocycles. The number of methoxy groups -OCH3 is 1. The van der Waals surface area contributed by atoms with Gasteiger partial charge in [0.15, 0.2) is 14.6 Å². The van der Waals surface area contributed by atoms with Crippen molar-refractivity contribution in [2.45, 2.75) is 84.1 Å². The van der Waals surface area contributed by atoms with Crippen LogP contribution in [0.1, 0.15) is 46.6 Å². The molecular weight excluding hydrogens is 384 g/mol. The highest BCUT2D eigenvalue weighted by atomic mass is 28.4. The number of hydrogen-bond acceptors (Lipinski definition) is 5. The van der Waals surface area contributed by atoms with Crippen molar-refractivity contribution in [3.05, 3.63) is 29.8 Å². The molecule has 0 saturated carbocycles. The van der Waals surface area contributed by atoms with Crippen molar-refractivity contribution in [2.24, 2.45) is 5.41 Å². The minimum absolute atomic E-state index is 0.0331. The van der Waals surface area contributed by atoms with E-state index < -0.39 is 8.32 Å². The lowest BCUT2D eigenvalue weighted by molar-refractivity contribution is -0.108. The van der Waals surface area contributed by atoms with Crippen molar-refractivity contribution >= 4 is 14.6 Å². The molecule has 1 aromatic carbocycles. The summed E-state index contributed by atoms with van der Waals surface area (Å²) in [6.45, 7) is 16.7. The van der Waals surface area contributed by atoms with Crippen molar-refractivity contribution in [3.8, 4) is 5.75 Å². The van der Waals surface area contributed by atoms with Gasteiger partial charge in [0.2, 0.25) is 0 Å². The zero-order valence-electron chi connectivity index (χ0n) is 19.3. The van der Waals surface area contributed by atoms with Gasteiger partial charge in [0.1, 0.15) is 11.9 Å². The number of rotatable bonds is 11. The van der Waals surface area contributed by atoms with Gasteiger partial charge < -0.3 is 23.4 Å². The Morgan fingerprint density at radius 1 is 1.14 bits per heavy atom. The Morgan fingerprint density at radius 2 is 1.76 bits per heavy atom. The Balaban J connectivity index is 2.00. The lowest BCUT2D eigenvalue weighted by Crippen LogP contribution is -2.50. The molecule has 1 aliphatic rings. The molecule has 0 bridgehead atoms. The number of carbonyl (C=O) groups is 1. The second-order valence-corrected chi connectivity index (χ2v) is 14.8. The SMILES string of the molecule is COc1ccc(COCC[C@H](O[Si](C)(C)C(C)(C)C)C(C)(C)[C@H]2O[C@@H]2C=O)cc1. The number of benzene rings is 1. The van der Waals surface area contributed by atoms with Gasteiger partial charge in [-0.1, -0.05) is 46.8 Å². The highest BCUT2D eigenvalue weighted by Crippen LogP contribution is 2.46. The first-order valence-corrected chi connectivity index (χ1v) is 13.3. The third-order valence-corrected chi connectivity index (χ3v) is 10.9. The van der Waals surface area contributed by atoms with Crippen LogP contribution in [-0.2, 0) is 25.3 Å². The van der Waals surface area contributed by atoms with E-state index in [1.807, 2.05) is 24.3 Å². The molecule has 5 nitrogen and oxygen atoms in total. The maximum absolute atomic E-state index is 11.2. The van der Waals surface area contributed by atoms with Crippen LogP contribution in [0.2, 0.25) is 18.1 Å². The number of aldehydes is 1. The molecule has 0 spiro atoms. The number of hydrogen-bond donors (Lipinski definition) is 0. The van der Waals surface area contributed by atoms with E-state index in [0.717, 1.165) is 24.0 Å². The van der Waals surface area contributed by atoms with Gasteiger partial charge >= 0.3 is 0 Å². The van der Waals surface area contributed by atoms with Gasteiger partial charge in [0.05, 0.1) is 25.9 Å². The zero-order valence-corrected chi connectivity index (χ0v) is 20.3. The fraction of sp³-hybridized carbons (Fsp3) is 0.696. The monoisotopic (exact) mass is 422 g/mol. The molecule has 1 saturated heterocycles. The van der Waals surface area contributed by atoms with Crippen LogP contribution in [0.4, 0.5) is 0 Å². The van der Waals surface area contributed by atoms with E-state index in [2.05, 4.69) is 47.7 Å². The summed E-state index contributed by atoms with van der Waals surface area (Å²) in [5, 5.41) is 0.111. The van der Waals surface area contributed by atoms with Crippen LogP contribution in [0.15, 0.2) is 24.3 Å². The van der Waals surface area contributed by atoms with Crippen molar-refractivity contribution in [1.29, 1.82) is 0 Å². The van der Waals surface area contributed by atoms with E-state index in [1.54, 1.807) is 7.11 Å². The van der Waals surface area contributed by atoms with E-state index in [0.29, 0.717) is 13.2 Å². The first-order chi connectivity index (χ1) is 13.4. The quantitative estimate of drug-likeness (QED) is 0.218. The van der Waals surface area contributed by atoms with Crippen LogP contribution in [0, 0.1) is 5.41 Å². The summed E-state index contributed by atoms with van der Waals surface area (Å²) in [6, 6.07) is 7.91. The molecule has 1 heterocycles. The molecule has 0 aliphatic carbocycles. The van der Waals surface area contributed by atoms with Crippen LogP contribution < -0.4 is 4.74 Å². The standard InChI is InChI=1S/C23H38O5Si/c1-22(2,3)29(7,8)28-20(23(4,5)21-19(15-24)27-21)13-14-26-16-17-9-11-18(25-6)12-10-17/h9-12,15,19-21H,13-14,16H2,1-8H3/t19-,20+,21+/m1/s1. The van der Waals surface area contributed by atoms with E-state index in [1.165, 1.54) is 0 Å². The van der Waals surface area contributed by atoms with Crippen LogP contribution in [-0.4, -0.2) is 46.6 Å². The molecule has 1 fully saturated rings. The molecule has 0 radical (unpaired) electrons. The Morgan fingerprint density at radius 3 is 2.24 bits per heavy atom. The summed E-state index contributed by atoms with van der Waals surface area (Å²) in [5.41, 5.74) is 0.850. The third kappa shape index (κ3) is 6.14. The number of epoxide rings is 1. The topological polar surface area (TPSA) is 57.3 Å². The molecule has 1 aromatic rings. The zero-order chi connectivity index (χ0) is 21.9. The fourth-order valence-electron chi connectivity index (χ4n) is 3.23. The first kappa shape index (κ1) is 24.1. The average Bonchev–Trinajstić information content (AvgIpc) is 3.44. The van der Waals surface area contributed by atoms with E-state index in [-0.39, 0.29) is 28.8 Å². The average molecular weight is 423 g/mol.